The highest BCUT2D eigenvalue weighted by molar-refractivity contribution is 6.41. The molecule has 0 heterocycles. The summed E-state index contributed by atoms with van der Waals surface area (Å²) in [7, 11) is 0. The van der Waals surface area contributed by atoms with Gasteiger partial charge in [-0.1, -0.05) is 17.7 Å². The Hall–Kier alpha value is -1.55. The third-order valence-electron chi connectivity index (χ3n) is 2.21. The number of anilines is 1. The van der Waals surface area contributed by atoms with Crippen LogP contribution in [0.1, 0.15) is 18.1 Å². The van der Waals surface area contributed by atoms with Gasteiger partial charge >= 0.3 is 11.8 Å². The number of rotatable bonds is 2. The number of carbonyl (C=O) groups excluding carboxylic acids is 2. The van der Waals surface area contributed by atoms with Crippen LogP contribution in [0.4, 0.5) is 5.69 Å². The molecule has 0 spiro atoms. The summed E-state index contributed by atoms with van der Waals surface area (Å²) in [6.07, 6.45) is 0. The van der Waals surface area contributed by atoms with Gasteiger partial charge in [-0.2, -0.15) is 0 Å². The van der Waals surface area contributed by atoms with E-state index in [4.69, 9.17) is 11.6 Å². The van der Waals surface area contributed by atoms with E-state index in [0.29, 0.717) is 17.3 Å². The fourth-order valence-electron chi connectivity index (χ4n) is 1.49. The Morgan fingerprint density at radius 2 is 1.88 bits per heavy atom. The van der Waals surface area contributed by atoms with Gasteiger partial charge in [-0.25, -0.2) is 0 Å². The number of hydrogen-bond donors (Lipinski definition) is 2. The Kier molecular flexibility index (Phi) is 4.52. The van der Waals surface area contributed by atoms with Gasteiger partial charge in [-0.05, 0) is 38.0 Å². The Morgan fingerprint density at radius 3 is 2.41 bits per heavy atom. The predicted octanol–water partition coefficient (Wildman–Crippen LogP) is 2.03. The van der Waals surface area contributed by atoms with Crippen LogP contribution in [0.15, 0.2) is 12.1 Å². The van der Waals surface area contributed by atoms with Gasteiger partial charge in [0.25, 0.3) is 0 Å². The number of hydrogen-bond acceptors (Lipinski definition) is 2. The Balaban J connectivity index is 2.89. The molecule has 0 fully saturated rings. The Morgan fingerprint density at radius 1 is 1.24 bits per heavy atom. The van der Waals surface area contributed by atoms with Gasteiger partial charge in [0.2, 0.25) is 0 Å². The molecular weight excluding hydrogens is 240 g/mol. The molecular formula is C12H15ClN2O2. The SMILES string of the molecule is CCNC(=O)C(=O)Nc1c(C)cc(C)cc1Cl. The van der Waals surface area contributed by atoms with Crippen LogP contribution in [-0.4, -0.2) is 18.4 Å². The molecule has 1 aromatic rings. The van der Waals surface area contributed by atoms with E-state index >= 15 is 0 Å². The molecule has 92 valence electrons. The topological polar surface area (TPSA) is 58.2 Å². The number of aryl methyl sites for hydroxylation is 2. The van der Waals surface area contributed by atoms with E-state index in [-0.39, 0.29) is 0 Å². The van der Waals surface area contributed by atoms with Crippen molar-refractivity contribution in [3.63, 3.8) is 0 Å². The molecule has 1 rings (SSSR count). The smallest absolute Gasteiger partial charge is 0.313 e. The van der Waals surface area contributed by atoms with Crippen molar-refractivity contribution in [3.8, 4) is 0 Å². The van der Waals surface area contributed by atoms with Gasteiger partial charge in [0.1, 0.15) is 0 Å². The monoisotopic (exact) mass is 254 g/mol. The highest BCUT2D eigenvalue weighted by Crippen LogP contribution is 2.27. The van der Waals surface area contributed by atoms with E-state index in [1.807, 2.05) is 19.9 Å². The summed E-state index contributed by atoms with van der Waals surface area (Å²) in [4.78, 5) is 22.8. The third kappa shape index (κ3) is 3.46. The zero-order valence-corrected chi connectivity index (χ0v) is 10.8. The zero-order valence-electron chi connectivity index (χ0n) is 10.1. The van der Waals surface area contributed by atoms with Crippen LogP contribution in [0, 0.1) is 13.8 Å². The van der Waals surface area contributed by atoms with E-state index in [1.165, 1.54) is 0 Å². The summed E-state index contributed by atoms with van der Waals surface area (Å²) >= 11 is 6.01. The first-order chi connectivity index (χ1) is 7.95. The maximum Gasteiger partial charge on any atom is 0.313 e. The van der Waals surface area contributed by atoms with Gasteiger partial charge in [0, 0.05) is 6.54 Å². The fraction of sp³-hybridized carbons (Fsp3) is 0.333. The number of halogens is 1. The lowest BCUT2D eigenvalue weighted by molar-refractivity contribution is -0.136. The number of amides is 2. The molecule has 0 saturated carbocycles. The zero-order chi connectivity index (χ0) is 13.0. The normalized spacial score (nSPS) is 9.88. The van der Waals surface area contributed by atoms with Gasteiger partial charge in [0.05, 0.1) is 10.7 Å². The van der Waals surface area contributed by atoms with Gasteiger partial charge in [-0.15, -0.1) is 0 Å². The first kappa shape index (κ1) is 13.5. The third-order valence-corrected chi connectivity index (χ3v) is 2.51. The molecule has 0 aromatic heterocycles. The lowest BCUT2D eigenvalue weighted by Gasteiger charge is -2.11. The van der Waals surface area contributed by atoms with Crippen LogP contribution >= 0.6 is 11.6 Å². The summed E-state index contributed by atoms with van der Waals surface area (Å²) in [5.74, 6) is -1.37. The van der Waals surface area contributed by atoms with E-state index in [0.717, 1.165) is 11.1 Å². The fourth-order valence-corrected chi connectivity index (χ4v) is 1.85. The van der Waals surface area contributed by atoms with Crippen molar-refractivity contribution in [2.24, 2.45) is 0 Å². The molecule has 1 aromatic carbocycles. The summed E-state index contributed by atoms with van der Waals surface area (Å²) in [6.45, 7) is 5.89. The van der Waals surface area contributed by atoms with Crippen LogP contribution in [0.2, 0.25) is 5.02 Å². The van der Waals surface area contributed by atoms with E-state index in [1.54, 1.807) is 13.0 Å². The first-order valence-corrected chi connectivity index (χ1v) is 5.69. The van der Waals surface area contributed by atoms with Crippen molar-refractivity contribution in [1.82, 2.24) is 5.32 Å². The minimum absolute atomic E-state index is 0.410. The first-order valence-electron chi connectivity index (χ1n) is 5.31. The van der Waals surface area contributed by atoms with E-state index in [9.17, 15) is 9.59 Å². The standard InChI is InChI=1S/C12H15ClN2O2/c1-4-14-11(16)12(17)15-10-8(3)5-7(2)6-9(10)13/h5-6H,4H2,1-3H3,(H,14,16)(H,15,17). The largest absolute Gasteiger partial charge is 0.348 e. The predicted molar refractivity (Wildman–Crippen MR) is 68.2 cm³/mol. The molecule has 0 aliphatic heterocycles. The molecule has 0 radical (unpaired) electrons. The van der Waals surface area contributed by atoms with Crippen molar-refractivity contribution in [3.05, 3.63) is 28.3 Å². The van der Waals surface area contributed by atoms with Crippen LogP contribution in [0.25, 0.3) is 0 Å². The molecule has 4 nitrogen and oxygen atoms in total. The summed E-state index contributed by atoms with van der Waals surface area (Å²) in [5.41, 5.74) is 2.31. The molecule has 0 atom stereocenters. The highest BCUT2D eigenvalue weighted by atomic mass is 35.5. The molecule has 0 saturated heterocycles. The molecule has 2 N–H and O–H groups in total. The molecule has 2 amide bonds. The minimum atomic E-state index is -0.708. The second kappa shape index (κ2) is 5.68. The molecule has 5 heteroatoms. The number of benzene rings is 1. The molecule has 0 aliphatic carbocycles. The van der Waals surface area contributed by atoms with Crippen molar-refractivity contribution in [2.75, 3.05) is 11.9 Å². The van der Waals surface area contributed by atoms with Crippen LogP contribution in [-0.2, 0) is 9.59 Å². The summed E-state index contributed by atoms with van der Waals surface area (Å²) in [6, 6.07) is 3.63. The van der Waals surface area contributed by atoms with Gasteiger partial charge in [-0.3, -0.25) is 9.59 Å². The second-order valence-electron chi connectivity index (χ2n) is 3.75. The molecule has 0 aliphatic rings. The van der Waals surface area contributed by atoms with Crippen molar-refractivity contribution >= 4 is 29.1 Å². The summed E-state index contributed by atoms with van der Waals surface area (Å²) in [5, 5.41) is 5.36. The van der Waals surface area contributed by atoms with Crippen molar-refractivity contribution in [1.29, 1.82) is 0 Å². The number of carbonyl (C=O) groups is 2. The minimum Gasteiger partial charge on any atom is -0.348 e. The van der Waals surface area contributed by atoms with E-state index < -0.39 is 11.8 Å². The van der Waals surface area contributed by atoms with Crippen LogP contribution in [0.5, 0.6) is 0 Å². The summed E-state index contributed by atoms with van der Waals surface area (Å²) < 4.78 is 0. The van der Waals surface area contributed by atoms with Gasteiger partial charge in [0.15, 0.2) is 0 Å². The average molecular weight is 255 g/mol. The van der Waals surface area contributed by atoms with Crippen LogP contribution < -0.4 is 10.6 Å². The molecule has 0 unspecified atom stereocenters. The van der Waals surface area contributed by atoms with Crippen molar-refractivity contribution in [2.45, 2.75) is 20.8 Å². The quantitative estimate of drug-likeness (QED) is 0.794. The number of likely N-dealkylation sites (N-methyl/N-ethyl adjacent to an activating group) is 1. The van der Waals surface area contributed by atoms with Crippen LogP contribution in [0.3, 0.4) is 0 Å². The maximum absolute atomic E-state index is 11.5. The lowest BCUT2D eigenvalue weighted by atomic mass is 10.1. The lowest BCUT2D eigenvalue weighted by Crippen LogP contribution is -2.35. The Bertz CT molecular complexity index is 435. The van der Waals surface area contributed by atoms with Gasteiger partial charge < -0.3 is 10.6 Å². The second-order valence-corrected chi connectivity index (χ2v) is 4.16. The highest BCUT2D eigenvalue weighted by Gasteiger charge is 2.15. The molecule has 0 bridgehead atoms. The average Bonchev–Trinajstić information content (AvgIpc) is 2.23. The maximum atomic E-state index is 11.5. The number of nitrogens with one attached hydrogen (secondary N) is 2. The molecule has 17 heavy (non-hydrogen) atoms. The van der Waals surface area contributed by atoms with E-state index in [2.05, 4.69) is 10.6 Å². The van der Waals surface area contributed by atoms with Crippen molar-refractivity contribution < 1.29 is 9.59 Å². The Labute approximate surface area is 105 Å².